The number of amides is 1. The number of piperidine rings is 1. The molecule has 1 amide bonds. The zero-order valence-corrected chi connectivity index (χ0v) is 11.6. The predicted molar refractivity (Wildman–Crippen MR) is 68.3 cm³/mol. The Morgan fingerprint density at radius 1 is 1.32 bits per heavy atom. The molecule has 0 atom stereocenters. The molecule has 3 nitrogen and oxygen atoms in total. The van der Waals surface area contributed by atoms with Gasteiger partial charge in [0.05, 0.1) is 16.1 Å². The molecule has 1 aliphatic heterocycles. The van der Waals surface area contributed by atoms with Crippen molar-refractivity contribution in [2.24, 2.45) is 5.92 Å². The minimum absolute atomic E-state index is 0.0474. The number of rotatable bonds is 1. The third-order valence-electron chi connectivity index (χ3n) is 3.21. The highest BCUT2D eigenvalue weighted by Gasteiger charge is 2.25. The smallest absolute Gasteiger partial charge is 0.256 e. The molecule has 0 unspecified atom stereocenters. The minimum Gasteiger partial charge on any atom is -0.338 e. The summed E-state index contributed by atoms with van der Waals surface area (Å²) in [5.41, 5.74) is -0.149. The fraction of sp³-hybridized carbons (Fsp3) is 0.385. The average molecular weight is 329 g/mol. The highest BCUT2D eigenvalue weighted by Crippen LogP contribution is 2.23. The number of carbonyl (C=O) groups is 1. The molecule has 1 heterocycles. The highest BCUT2D eigenvalue weighted by molar-refractivity contribution is 9.10. The van der Waals surface area contributed by atoms with Crippen molar-refractivity contribution in [1.29, 1.82) is 5.26 Å². The van der Waals surface area contributed by atoms with Crippen molar-refractivity contribution in [2.75, 3.05) is 13.1 Å². The van der Waals surface area contributed by atoms with E-state index in [4.69, 9.17) is 5.26 Å². The normalized spacial score (nSPS) is 16.2. The third-order valence-corrected chi connectivity index (χ3v) is 3.81. The van der Waals surface area contributed by atoms with Crippen molar-refractivity contribution in [3.63, 3.8) is 0 Å². The van der Waals surface area contributed by atoms with Crippen LogP contribution in [-0.2, 0) is 0 Å². The Hall–Kier alpha value is -1.48. The zero-order chi connectivity index (χ0) is 14.0. The van der Waals surface area contributed by atoms with Gasteiger partial charge in [-0.15, -0.1) is 0 Å². The summed E-state index contributed by atoms with van der Waals surface area (Å²) in [5.74, 6) is -2.12. The lowest BCUT2D eigenvalue weighted by atomic mass is 9.98. The molecule has 6 heteroatoms. The fourth-order valence-corrected chi connectivity index (χ4v) is 2.41. The van der Waals surface area contributed by atoms with Crippen LogP contribution in [0.25, 0.3) is 0 Å². The van der Waals surface area contributed by atoms with Gasteiger partial charge in [-0.1, -0.05) is 0 Å². The summed E-state index contributed by atoms with van der Waals surface area (Å²) >= 11 is 2.94. The SMILES string of the molecule is N#CC1CCN(C(=O)c2cc(Br)c(F)cc2F)CC1. The van der Waals surface area contributed by atoms with Crippen LogP contribution in [0.4, 0.5) is 8.78 Å². The molecule has 19 heavy (non-hydrogen) atoms. The molecule has 0 N–H and O–H groups in total. The van der Waals surface area contributed by atoms with Crippen LogP contribution >= 0.6 is 15.9 Å². The minimum atomic E-state index is -0.867. The summed E-state index contributed by atoms with van der Waals surface area (Å²) in [5, 5.41) is 8.78. The van der Waals surface area contributed by atoms with Gasteiger partial charge in [0.1, 0.15) is 11.6 Å². The van der Waals surface area contributed by atoms with Gasteiger partial charge in [-0.05, 0) is 34.8 Å². The monoisotopic (exact) mass is 328 g/mol. The Bertz CT molecular complexity index is 548. The standard InChI is InChI=1S/C13H11BrF2N2O/c14-10-5-9(11(15)6-12(10)16)13(19)18-3-1-8(7-17)2-4-18/h5-6,8H,1-4H2. The van der Waals surface area contributed by atoms with Crippen molar-refractivity contribution < 1.29 is 13.6 Å². The van der Waals surface area contributed by atoms with E-state index in [1.807, 2.05) is 0 Å². The Kier molecular flexibility index (Phi) is 4.15. The second-order valence-electron chi connectivity index (χ2n) is 4.44. The first-order valence-electron chi connectivity index (χ1n) is 5.86. The molecule has 0 radical (unpaired) electrons. The molecule has 1 saturated heterocycles. The molecule has 0 aliphatic carbocycles. The van der Waals surface area contributed by atoms with E-state index >= 15 is 0 Å². The van der Waals surface area contributed by atoms with Gasteiger partial charge in [0.15, 0.2) is 0 Å². The van der Waals surface area contributed by atoms with Crippen molar-refractivity contribution in [1.82, 2.24) is 4.90 Å². The molecule has 0 saturated carbocycles. The number of hydrogen-bond acceptors (Lipinski definition) is 2. The maximum atomic E-state index is 13.6. The number of benzene rings is 1. The topological polar surface area (TPSA) is 44.1 Å². The van der Waals surface area contributed by atoms with Gasteiger partial charge in [0.25, 0.3) is 5.91 Å². The molecule has 1 aromatic carbocycles. The second-order valence-corrected chi connectivity index (χ2v) is 5.30. The van der Waals surface area contributed by atoms with Gasteiger partial charge in [-0.25, -0.2) is 8.78 Å². The number of carbonyl (C=O) groups excluding carboxylic acids is 1. The summed E-state index contributed by atoms with van der Waals surface area (Å²) < 4.78 is 26.8. The maximum absolute atomic E-state index is 13.6. The van der Waals surface area contributed by atoms with Crippen molar-refractivity contribution in [2.45, 2.75) is 12.8 Å². The van der Waals surface area contributed by atoms with E-state index in [9.17, 15) is 13.6 Å². The van der Waals surface area contributed by atoms with Gasteiger partial charge in [0.2, 0.25) is 0 Å². The summed E-state index contributed by atoms with van der Waals surface area (Å²) in [4.78, 5) is 13.6. The third kappa shape index (κ3) is 2.92. The van der Waals surface area contributed by atoms with Gasteiger partial charge >= 0.3 is 0 Å². The van der Waals surface area contributed by atoms with E-state index in [1.54, 1.807) is 0 Å². The molecule has 0 spiro atoms. The van der Waals surface area contributed by atoms with E-state index in [1.165, 1.54) is 4.90 Å². The maximum Gasteiger partial charge on any atom is 0.256 e. The first-order chi connectivity index (χ1) is 9.02. The van der Waals surface area contributed by atoms with Crippen LogP contribution in [0.1, 0.15) is 23.2 Å². The van der Waals surface area contributed by atoms with Crippen LogP contribution < -0.4 is 0 Å². The van der Waals surface area contributed by atoms with Crippen LogP contribution in [0.2, 0.25) is 0 Å². The van der Waals surface area contributed by atoms with E-state index in [2.05, 4.69) is 22.0 Å². The Labute approximate surface area is 117 Å². The second kappa shape index (κ2) is 5.66. The molecule has 2 rings (SSSR count). The van der Waals surface area contributed by atoms with Crippen LogP contribution in [0.5, 0.6) is 0 Å². The molecule has 100 valence electrons. The van der Waals surface area contributed by atoms with Crippen LogP contribution in [0.15, 0.2) is 16.6 Å². The fourth-order valence-electron chi connectivity index (χ4n) is 2.07. The number of hydrogen-bond donors (Lipinski definition) is 0. The molecule has 0 aromatic heterocycles. The highest BCUT2D eigenvalue weighted by atomic mass is 79.9. The van der Waals surface area contributed by atoms with Crippen LogP contribution in [0, 0.1) is 28.9 Å². The lowest BCUT2D eigenvalue weighted by Crippen LogP contribution is -2.38. The number of likely N-dealkylation sites (tertiary alicyclic amines) is 1. The van der Waals surface area contributed by atoms with Gasteiger partial charge in [-0.2, -0.15) is 5.26 Å². The first-order valence-corrected chi connectivity index (χ1v) is 6.65. The van der Waals surface area contributed by atoms with Gasteiger partial charge in [-0.3, -0.25) is 4.79 Å². The lowest BCUT2D eigenvalue weighted by Gasteiger charge is -2.29. The largest absolute Gasteiger partial charge is 0.338 e. The molecule has 1 aliphatic rings. The Morgan fingerprint density at radius 3 is 2.53 bits per heavy atom. The van der Waals surface area contributed by atoms with E-state index in [0.29, 0.717) is 32.0 Å². The molecule has 1 aromatic rings. The molecule has 1 fully saturated rings. The average Bonchev–Trinajstić information content (AvgIpc) is 2.42. The molecule has 0 bridgehead atoms. The van der Waals surface area contributed by atoms with Crippen molar-refractivity contribution in [3.8, 4) is 6.07 Å². The quantitative estimate of drug-likeness (QED) is 0.743. The number of nitriles is 1. The lowest BCUT2D eigenvalue weighted by molar-refractivity contribution is 0.0702. The van der Waals surface area contributed by atoms with Gasteiger partial charge in [0, 0.05) is 25.1 Å². The summed E-state index contributed by atoms with van der Waals surface area (Å²) in [6.07, 6.45) is 1.18. The van der Waals surface area contributed by atoms with Crippen LogP contribution in [-0.4, -0.2) is 23.9 Å². The van der Waals surface area contributed by atoms with E-state index < -0.39 is 17.5 Å². The number of halogens is 3. The number of nitrogens with zero attached hydrogens (tertiary/aromatic N) is 2. The van der Waals surface area contributed by atoms with E-state index in [-0.39, 0.29) is 16.0 Å². The zero-order valence-electron chi connectivity index (χ0n) is 10.00. The summed E-state index contributed by atoms with van der Waals surface area (Å²) in [6.45, 7) is 0.844. The summed E-state index contributed by atoms with van der Waals surface area (Å²) in [7, 11) is 0. The Morgan fingerprint density at radius 2 is 1.95 bits per heavy atom. The predicted octanol–water partition coefficient (Wildman–Crippen LogP) is 3.10. The van der Waals surface area contributed by atoms with Gasteiger partial charge < -0.3 is 4.90 Å². The first kappa shape index (κ1) is 13.9. The van der Waals surface area contributed by atoms with Crippen molar-refractivity contribution >= 4 is 21.8 Å². The molecular weight excluding hydrogens is 318 g/mol. The van der Waals surface area contributed by atoms with Crippen molar-refractivity contribution in [3.05, 3.63) is 33.8 Å². The van der Waals surface area contributed by atoms with E-state index in [0.717, 1.165) is 6.07 Å². The Balaban J connectivity index is 2.17. The molecular formula is C13H11BrF2N2O. The van der Waals surface area contributed by atoms with Crippen LogP contribution in [0.3, 0.4) is 0 Å². The summed E-state index contributed by atoms with van der Waals surface area (Å²) in [6, 6.07) is 4.01.